The van der Waals surface area contributed by atoms with Crippen LogP contribution in [0.1, 0.15) is 39.5 Å². The minimum atomic E-state index is 0.0272. The predicted molar refractivity (Wildman–Crippen MR) is 73.5 cm³/mol. The van der Waals surface area contributed by atoms with E-state index in [0.717, 1.165) is 32.1 Å². The summed E-state index contributed by atoms with van der Waals surface area (Å²) in [5.41, 5.74) is 0. The second kappa shape index (κ2) is 6.53. The molecule has 1 saturated carbocycles. The van der Waals surface area contributed by atoms with Crippen LogP contribution in [-0.2, 0) is 4.79 Å². The Morgan fingerprint density at radius 2 is 2.22 bits per heavy atom. The summed E-state index contributed by atoms with van der Waals surface area (Å²) in [6.45, 7) is 8.12. The molecule has 2 aliphatic rings. The van der Waals surface area contributed by atoms with Gasteiger partial charge in [0.1, 0.15) is 0 Å². The van der Waals surface area contributed by atoms with Crippen LogP contribution in [0.15, 0.2) is 0 Å². The van der Waals surface area contributed by atoms with Crippen LogP contribution in [0.3, 0.4) is 0 Å². The van der Waals surface area contributed by atoms with Crippen LogP contribution in [0.5, 0.6) is 0 Å². The molecular weight excluding hydrogens is 226 g/mol. The summed E-state index contributed by atoms with van der Waals surface area (Å²) in [4.78, 5) is 14.4. The molecule has 2 rings (SSSR count). The molecule has 2 N–H and O–H groups in total. The normalized spacial score (nSPS) is 26.1. The number of carbonyl (C=O) groups excluding carboxylic acids is 1. The molecular formula is C14H27N3O. The minimum Gasteiger partial charge on any atom is -0.355 e. The van der Waals surface area contributed by atoms with Crippen molar-refractivity contribution in [3.05, 3.63) is 0 Å². The molecule has 1 heterocycles. The zero-order valence-corrected chi connectivity index (χ0v) is 11.7. The molecule has 2 atom stereocenters. The first-order chi connectivity index (χ1) is 8.72. The van der Waals surface area contributed by atoms with Gasteiger partial charge in [-0.3, -0.25) is 9.69 Å². The van der Waals surface area contributed by atoms with Gasteiger partial charge in [-0.05, 0) is 58.5 Å². The van der Waals surface area contributed by atoms with Gasteiger partial charge in [0.15, 0.2) is 0 Å². The van der Waals surface area contributed by atoms with Crippen molar-refractivity contribution < 1.29 is 4.79 Å². The Hall–Kier alpha value is -0.610. The van der Waals surface area contributed by atoms with Gasteiger partial charge in [-0.2, -0.15) is 0 Å². The van der Waals surface area contributed by atoms with Crippen molar-refractivity contribution in [3.8, 4) is 0 Å². The monoisotopic (exact) mass is 253 g/mol. The molecule has 0 bridgehead atoms. The zero-order valence-electron chi connectivity index (χ0n) is 11.7. The highest BCUT2D eigenvalue weighted by Gasteiger charge is 2.36. The molecule has 2 fully saturated rings. The van der Waals surface area contributed by atoms with Gasteiger partial charge in [0.25, 0.3) is 0 Å². The fourth-order valence-electron chi connectivity index (χ4n) is 2.88. The van der Waals surface area contributed by atoms with Gasteiger partial charge in [0, 0.05) is 19.1 Å². The van der Waals surface area contributed by atoms with Crippen molar-refractivity contribution in [2.75, 3.05) is 26.2 Å². The lowest BCUT2D eigenvalue weighted by atomic mass is 9.98. The SMILES string of the molecule is CCNC(=O)C(C)N(CC1CCCNC1)C1CC1. The van der Waals surface area contributed by atoms with E-state index in [1.54, 1.807) is 0 Å². The molecule has 4 heteroatoms. The van der Waals surface area contributed by atoms with Gasteiger partial charge in [0.05, 0.1) is 6.04 Å². The lowest BCUT2D eigenvalue weighted by Crippen LogP contribution is -2.49. The Kier molecular flexibility index (Phi) is 5.01. The Morgan fingerprint density at radius 3 is 2.78 bits per heavy atom. The second-order valence-corrected chi connectivity index (χ2v) is 5.71. The van der Waals surface area contributed by atoms with Gasteiger partial charge in [0.2, 0.25) is 5.91 Å². The summed E-state index contributed by atoms with van der Waals surface area (Å²) in [7, 11) is 0. The van der Waals surface area contributed by atoms with E-state index in [-0.39, 0.29) is 11.9 Å². The van der Waals surface area contributed by atoms with E-state index in [9.17, 15) is 4.79 Å². The summed E-state index contributed by atoms with van der Waals surface area (Å²) in [6.07, 6.45) is 5.12. The molecule has 0 aromatic heterocycles. The number of likely N-dealkylation sites (N-methyl/N-ethyl adjacent to an activating group) is 1. The number of piperidine rings is 1. The van der Waals surface area contributed by atoms with Gasteiger partial charge in [-0.1, -0.05) is 0 Å². The van der Waals surface area contributed by atoms with Crippen LogP contribution in [0.25, 0.3) is 0 Å². The standard InChI is InChI=1S/C14H27N3O/c1-3-16-14(18)11(2)17(13-6-7-13)10-12-5-4-8-15-9-12/h11-13,15H,3-10H2,1-2H3,(H,16,18). The molecule has 0 radical (unpaired) electrons. The second-order valence-electron chi connectivity index (χ2n) is 5.71. The van der Waals surface area contributed by atoms with Crippen molar-refractivity contribution in [1.29, 1.82) is 0 Å². The van der Waals surface area contributed by atoms with E-state index in [0.29, 0.717) is 6.04 Å². The van der Waals surface area contributed by atoms with Gasteiger partial charge < -0.3 is 10.6 Å². The first-order valence-corrected chi connectivity index (χ1v) is 7.46. The maximum Gasteiger partial charge on any atom is 0.237 e. The molecule has 0 aromatic carbocycles. The first-order valence-electron chi connectivity index (χ1n) is 7.46. The number of carbonyl (C=O) groups is 1. The highest BCUT2D eigenvalue weighted by atomic mass is 16.2. The minimum absolute atomic E-state index is 0.0272. The summed E-state index contributed by atoms with van der Waals surface area (Å²) in [5.74, 6) is 0.907. The number of hydrogen-bond acceptors (Lipinski definition) is 3. The van der Waals surface area contributed by atoms with Crippen molar-refractivity contribution in [3.63, 3.8) is 0 Å². The van der Waals surface area contributed by atoms with Crippen molar-refractivity contribution in [1.82, 2.24) is 15.5 Å². The molecule has 0 aromatic rings. The highest BCUT2D eigenvalue weighted by molar-refractivity contribution is 5.81. The fraction of sp³-hybridized carbons (Fsp3) is 0.929. The average molecular weight is 253 g/mol. The summed E-state index contributed by atoms with van der Waals surface area (Å²) >= 11 is 0. The quantitative estimate of drug-likeness (QED) is 0.741. The van der Waals surface area contributed by atoms with E-state index >= 15 is 0 Å². The molecule has 1 aliphatic heterocycles. The number of hydrogen-bond donors (Lipinski definition) is 2. The maximum absolute atomic E-state index is 12.0. The summed E-state index contributed by atoms with van der Waals surface area (Å²) < 4.78 is 0. The molecule has 2 unspecified atom stereocenters. The van der Waals surface area contributed by atoms with Gasteiger partial charge in [-0.15, -0.1) is 0 Å². The Bertz CT molecular complexity index is 272. The number of amides is 1. The van der Waals surface area contributed by atoms with E-state index in [2.05, 4.69) is 22.5 Å². The Morgan fingerprint density at radius 1 is 1.44 bits per heavy atom. The molecule has 0 spiro atoms. The number of nitrogens with one attached hydrogen (secondary N) is 2. The van der Waals surface area contributed by atoms with Gasteiger partial charge >= 0.3 is 0 Å². The van der Waals surface area contributed by atoms with Crippen LogP contribution in [0.4, 0.5) is 0 Å². The van der Waals surface area contributed by atoms with Gasteiger partial charge in [-0.25, -0.2) is 0 Å². The summed E-state index contributed by atoms with van der Waals surface area (Å²) in [5, 5.41) is 6.42. The van der Waals surface area contributed by atoms with Crippen LogP contribution in [0, 0.1) is 5.92 Å². The third kappa shape index (κ3) is 3.69. The molecule has 1 amide bonds. The fourth-order valence-corrected chi connectivity index (χ4v) is 2.88. The highest BCUT2D eigenvalue weighted by Crippen LogP contribution is 2.30. The molecule has 18 heavy (non-hydrogen) atoms. The third-order valence-electron chi connectivity index (χ3n) is 4.11. The van der Waals surface area contributed by atoms with Crippen molar-refractivity contribution >= 4 is 5.91 Å². The maximum atomic E-state index is 12.0. The number of nitrogens with zero attached hydrogens (tertiary/aromatic N) is 1. The Labute approximate surface area is 110 Å². The largest absolute Gasteiger partial charge is 0.355 e. The predicted octanol–water partition coefficient (Wildman–Crippen LogP) is 0.975. The lowest BCUT2D eigenvalue weighted by Gasteiger charge is -2.33. The van der Waals surface area contributed by atoms with Crippen molar-refractivity contribution in [2.24, 2.45) is 5.92 Å². The molecule has 1 aliphatic carbocycles. The van der Waals surface area contributed by atoms with E-state index < -0.39 is 0 Å². The summed E-state index contributed by atoms with van der Waals surface area (Å²) in [6, 6.07) is 0.684. The van der Waals surface area contributed by atoms with Crippen LogP contribution in [-0.4, -0.2) is 49.1 Å². The topological polar surface area (TPSA) is 44.4 Å². The molecule has 1 saturated heterocycles. The van der Waals surface area contributed by atoms with E-state index in [4.69, 9.17) is 0 Å². The smallest absolute Gasteiger partial charge is 0.237 e. The lowest BCUT2D eigenvalue weighted by molar-refractivity contribution is -0.126. The van der Waals surface area contributed by atoms with Crippen LogP contribution in [0.2, 0.25) is 0 Å². The Balaban J connectivity index is 1.88. The zero-order chi connectivity index (χ0) is 13.0. The van der Waals surface area contributed by atoms with Crippen molar-refractivity contribution in [2.45, 2.75) is 51.6 Å². The van der Waals surface area contributed by atoms with E-state index in [1.165, 1.54) is 25.7 Å². The third-order valence-corrected chi connectivity index (χ3v) is 4.11. The first kappa shape index (κ1) is 13.8. The average Bonchev–Trinajstić information content (AvgIpc) is 3.21. The number of rotatable bonds is 6. The van der Waals surface area contributed by atoms with E-state index in [1.807, 2.05) is 6.92 Å². The molecule has 104 valence electrons. The van der Waals surface area contributed by atoms with Crippen LogP contribution >= 0.6 is 0 Å². The van der Waals surface area contributed by atoms with Crippen LogP contribution < -0.4 is 10.6 Å². The molecule has 4 nitrogen and oxygen atoms in total.